The number of carbonyl (C=O) groups is 1. The Kier molecular flexibility index (Phi) is 4.19. The zero-order chi connectivity index (χ0) is 16.6. The average Bonchev–Trinajstić information content (AvgIpc) is 2.88. The molecule has 1 atom stereocenters. The number of rotatable bonds is 2. The number of hydrogen-bond acceptors (Lipinski definition) is 2. The van der Waals surface area contributed by atoms with Gasteiger partial charge in [0.2, 0.25) is 5.91 Å². The molecule has 0 aromatic heterocycles. The Morgan fingerprint density at radius 3 is 2.43 bits per heavy atom. The van der Waals surface area contributed by atoms with Crippen LogP contribution in [0.3, 0.4) is 0 Å². The Balaban J connectivity index is 1.93. The Hall–Kier alpha value is -1.81. The van der Waals surface area contributed by atoms with Crippen LogP contribution in [0.25, 0.3) is 0 Å². The van der Waals surface area contributed by atoms with E-state index in [1.54, 1.807) is 28.8 Å². The van der Waals surface area contributed by atoms with E-state index < -0.39 is 0 Å². The second kappa shape index (κ2) is 6.00. The van der Waals surface area contributed by atoms with Crippen molar-refractivity contribution in [3.05, 3.63) is 65.5 Å². The van der Waals surface area contributed by atoms with E-state index in [9.17, 15) is 9.18 Å². The quantitative estimate of drug-likeness (QED) is 0.781. The van der Waals surface area contributed by atoms with Gasteiger partial charge in [0.05, 0.1) is 5.75 Å². The summed E-state index contributed by atoms with van der Waals surface area (Å²) in [5.74, 6) is 0.113. The molecule has 4 heteroatoms. The van der Waals surface area contributed by atoms with Crippen LogP contribution < -0.4 is 4.90 Å². The van der Waals surface area contributed by atoms with Gasteiger partial charge in [-0.3, -0.25) is 9.69 Å². The highest BCUT2D eigenvalue weighted by atomic mass is 32.2. The molecule has 1 heterocycles. The zero-order valence-electron chi connectivity index (χ0n) is 13.5. The Morgan fingerprint density at radius 2 is 1.83 bits per heavy atom. The molecule has 2 nitrogen and oxygen atoms in total. The molecule has 23 heavy (non-hydrogen) atoms. The van der Waals surface area contributed by atoms with E-state index in [0.717, 1.165) is 5.56 Å². The van der Waals surface area contributed by atoms with Gasteiger partial charge in [0.15, 0.2) is 0 Å². The zero-order valence-corrected chi connectivity index (χ0v) is 14.4. The summed E-state index contributed by atoms with van der Waals surface area (Å²) in [6.07, 6.45) is 0. The molecule has 120 valence electrons. The summed E-state index contributed by atoms with van der Waals surface area (Å²) in [6, 6.07) is 14.6. The minimum absolute atomic E-state index is 0.0190. The van der Waals surface area contributed by atoms with Gasteiger partial charge in [-0.15, -0.1) is 11.8 Å². The fourth-order valence-electron chi connectivity index (χ4n) is 2.72. The monoisotopic (exact) mass is 329 g/mol. The lowest BCUT2D eigenvalue weighted by molar-refractivity contribution is -0.115. The largest absolute Gasteiger partial charge is 0.295 e. The maximum atomic E-state index is 13.5. The van der Waals surface area contributed by atoms with Crippen LogP contribution in [0.2, 0.25) is 0 Å². The molecule has 0 radical (unpaired) electrons. The van der Waals surface area contributed by atoms with Crippen molar-refractivity contribution in [1.82, 2.24) is 0 Å². The number of hydrogen-bond donors (Lipinski definition) is 0. The van der Waals surface area contributed by atoms with Crippen LogP contribution in [0.4, 0.5) is 10.1 Å². The highest BCUT2D eigenvalue weighted by molar-refractivity contribution is 8.00. The van der Waals surface area contributed by atoms with Crippen LogP contribution in [0.15, 0.2) is 48.5 Å². The van der Waals surface area contributed by atoms with E-state index in [2.05, 4.69) is 45.0 Å². The van der Waals surface area contributed by atoms with Crippen molar-refractivity contribution in [2.24, 2.45) is 0 Å². The fraction of sp³-hybridized carbons (Fsp3) is 0.316. The van der Waals surface area contributed by atoms with E-state index >= 15 is 0 Å². The van der Waals surface area contributed by atoms with Gasteiger partial charge in [-0.25, -0.2) is 4.39 Å². The van der Waals surface area contributed by atoms with E-state index in [4.69, 9.17) is 0 Å². The molecule has 0 N–H and O–H groups in total. The molecular formula is C19H20FNOS. The van der Waals surface area contributed by atoms with Crippen molar-refractivity contribution in [3.8, 4) is 0 Å². The normalized spacial score (nSPS) is 18.5. The molecule has 0 spiro atoms. The Labute approximate surface area is 140 Å². The number of carbonyl (C=O) groups excluding carboxylic acids is 1. The number of thioether (sulfide) groups is 1. The predicted molar refractivity (Wildman–Crippen MR) is 94.2 cm³/mol. The lowest BCUT2D eigenvalue weighted by Crippen LogP contribution is -2.27. The summed E-state index contributed by atoms with van der Waals surface area (Å²) in [5.41, 5.74) is 3.04. The molecule has 2 aromatic carbocycles. The summed E-state index contributed by atoms with van der Waals surface area (Å²) in [6.45, 7) is 6.53. The standard InChI is InChI=1S/C19H20FNOS/c1-19(2,3)14-9-7-13(8-10-14)18-21(17(22)12-23-18)16-6-4-5-15(20)11-16/h4-11,18H,12H2,1-3H3. The molecule has 1 unspecified atom stereocenters. The van der Waals surface area contributed by atoms with Crippen molar-refractivity contribution in [1.29, 1.82) is 0 Å². The molecule has 1 fully saturated rings. The molecule has 1 saturated heterocycles. The highest BCUT2D eigenvalue weighted by Crippen LogP contribution is 2.42. The SMILES string of the molecule is CC(C)(C)c1ccc(C2SCC(=O)N2c2cccc(F)c2)cc1. The molecule has 0 saturated carbocycles. The number of amides is 1. The smallest absolute Gasteiger partial charge is 0.238 e. The fourth-order valence-corrected chi connectivity index (χ4v) is 3.90. The molecular weight excluding hydrogens is 309 g/mol. The minimum atomic E-state index is -0.325. The molecule has 0 aliphatic carbocycles. The van der Waals surface area contributed by atoms with Gasteiger partial charge in [-0.05, 0) is 34.7 Å². The van der Waals surface area contributed by atoms with Crippen LogP contribution >= 0.6 is 11.8 Å². The molecule has 2 aromatic rings. The number of halogens is 1. The van der Waals surface area contributed by atoms with Gasteiger partial charge in [0, 0.05) is 5.69 Å². The van der Waals surface area contributed by atoms with Gasteiger partial charge in [-0.2, -0.15) is 0 Å². The van der Waals surface area contributed by atoms with E-state index in [-0.39, 0.29) is 22.5 Å². The third-order valence-electron chi connectivity index (χ3n) is 4.02. The van der Waals surface area contributed by atoms with Crippen molar-refractivity contribution < 1.29 is 9.18 Å². The first-order chi connectivity index (χ1) is 10.9. The average molecular weight is 329 g/mol. The third kappa shape index (κ3) is 3.27. The second-order valence-electron chi connectivity index (χ2n) is 6.78. The topological polar surface area (TPSA) is 20.3 Å². The predicted octanol–water partition coefficient (Wildman–Crippen LogP) is 4.90. The van der Waals surface area contributed by atoms with Crippen LogP contribution in [-0.2, 0) is 10.2 Å². The van der Waals surface area contributed by atoms with Gasteiger partial charge in [-0.1, -0.05) is 51.1 Å². The molecule has 1 amide bonds. The maximum absolute atomic E-state index is 13.5. The molecule has 1 aliphatic heterocycles. The number of nitrogens with zero attached hydrogens (tertiary/aromatic N) is 1. The van der Waals surface area contributed by atoms with Gasteiger partial charge >= 0.3 is 0 Å². The van der Waals surface area contributed by atoms with E-state index in [0.29, 0.717) is 11.4 Å². The lowest BCUT2D eigenvalue weighted by Gasteiger charge is -2.25. The van der Waals surface area contributed by atoms with Crippen molar-refractivity contribution in [3.63, 3.8) is 0 Å². The Morgan fingerprint density at radius 1 is 1.13 bits per heavy atom. The number of benzene rings is 2. The molecule has 3 rings (SSSR count). The first-order valence-electron chi connectivity index (χ1n) is 7.66. The first kappa shape index (κ1) is 16.1. The first-order valence-corrected chi connectivity index (χ1v) is 8.71. The maximum Gasteiger partial charge on any atom is 0.238 e. The van der Waals surface area contributed by atoms with Gasteiger partial charge in [0.25, 0.3) is 0 Å². The molecule has 1 aliphatic rings. The van der Waals surface area contributed by atoms with Gasteiger partial charge in [0.1, 0.15) is 11.2 Å². The van der Waals surface area contributed by atoms with E-state index in [1.165, 1.54) is 17.7 Å². The van der Waals surface area contributed by atoms with E-state index in [1.807, 2.05) is 0 Å². The van der Waals surface area contributed by atoms with Crippen LogP contribution in [0.5, 0.6) is 0 Å². The second-order valence-corrected chi connectivity index (χ2v) is 7.85. The highest BCUT2D eigenvalue weighted by Gasteiger charge is 2.34. The summed E-state index contributed by atoms with van der Waals surface area (Å²) < 4.78 is 13.5. The minimum Gasteiger partial charge on any atom is -0.295 e. The summed E-state index contributed by atoms with van der Waals surface area (Å²) in [5, 5.41) is -0.0988. The van der Waals surface area contributed by atoms with Crippen molar-refractivity contribution in [2.45, 2.75) is 31.6 Å². The Bertz CT molecular complexity index is 721. The number of anilines is 1. The van der Waals surface area contributed by atoms with Crippen molar-refractivity contribution >= 4 is 23.4 Å². The van der Waals surface area contributed by atoms with Crippen LogP contribution in [0.1, 0.15) is 37.3 Å². The summed E-state index contributed by atoms with van der Waals surface area (Å²) in [7, 11) is 0. The summed E-state index contributed by atoms with van der Waals surface area (Å²) >= 11 is 1.58. The van der Waals surface area contributed by atoms with Crippen LogP contribution in [-0.4, -0.2) is 11.7 Å². The summed E-state index contributed by atoms with van der Waals surface area (Å²) in [4.78, 5) is 14.0. The molecule has 0 bridgehead atoms. The van der Waals surface area contributed by atoms with Crippen LogP contribution in [0, 0.1) is 5.82 Å². The third-order valence-corrected chi connectivity index (χ3v) is 5.23. The lowest BCUT2D eigenvalue weighted by atomic mass is 9.86. The van der Waals surface area contributed by atoms with Gasteiger partial charge < -0.3 is 0 Å². The van der Waals surface area contributed by atoms with Crippen molar-refractivity contribution in [2.75, 3.05) is 10.7 Å².